The monoisotopic (exact) mass is 422 g/mol. The molecule has 1 aliphatic rings. The van der Waals surface area contributed by atoms with Crippen molar-refractivity contribution in [1.82, 2.24) is 20.0 Å². The zero-order valence-electron chi connectivity index (χ0n) is 17.1. The number of para-hydroxylation sites is 1. The van der Waals surface area contributed by atoms with E-state index in [1.807, 2.05) is 65.9 Å². The van der Waals surface area contributed by atoms with Crippen molar-refractivity contribution in [1.29, 1.82) is 0 Å². The number of benzene rings is 1. The molecule has 0 bridgehead atoms. The van der Waals surface area contributed by atoms with Crippen LogP contribution < -0.4 is 5.32 Å². The van der Waals surface area contributed by atoms with E-state index in [0.717, 1.165) is 17.0 Å². The van der Waals surface area contributed by atoms with Gasteiger partial charge in [0.1, 0.15) is 5.69 Å². The molecule has 4 rings (SSSR count). The molecule has 3 heterocycles. The summed E-state index contributed by atoms with van der Waals surface area (Å²) in [5, 5.41) is 9.70. The number of rotatable bonds is 6. The molecule has 1 fully saturated rings. The van der Waals surface area contributed by atoms with Gasteiger partial charge in [0.15, 0.2) is 0 Å². The van der Waals surface area contributed by atoms with Crippen molar-refractivity contribution < 1.29 is 9.59 Å². The molecule has 0 spiro atoms. The Balaban J connectivity index is 1.54. The fourth-order valence-electron chi connectivity index (χ4n) is 3.75. The molecule has 0 atom stereocenters. The van der Waals surface area contributed by atoms with Crippen LogP contribution in [0.2, 0.25) is 0 Å². The summed E-state index contributed by atoms with van der Waals surface area (Å²) in [6, 6.07) is 13.8. The number of carbonyl (C=O) groups excluding carboxylic acids is 2. The zero-order chi connectivity index (χ0) is 20.9. The molecule has 3 aromatic rings. The standard InChI is InChI=1S/C23H26N4O2S/c1-2-12-24-22(28)17-10-13-26(14-11-17)23(29)19-16-27(18-7-4-3-5-8-18)25-21(19)20-9-6-15-30-20/h3-9,15-17H,2,10-14H2,1H3,(H,24,28). The molecule has 1 saturated heterocycles. The van der Waals surface area contributed by atoms with E-state index in [1.54, 1.807) is 16.0 Å². The van der Waals surface area contributed by atoms with Crippen molar-refractivity contribution >= 4 is 23.2 Å². The van der Waals surface area contributed by atoms with E-state index in [9.17, 15) is 9.59 Å². The first-order valence-electron chi connectivity index (χ1n) is 10.4. The average molecular weight is 423 g/mol. The lowest BCUT2D eigenvalue weighted by Gasteiger charge is -2.31. The third-order valence-corrected chi connectivity index (χ3v) is 6.30. The van der Waals surface area contributed by atoms with Crippen molar-refractivity contribution in [3.05, 3.63) is 59.6 Å². The first-order chi connectivity index (χ1) is 14.7. The third-order valence-electron chi connectivity index (χ3n) is 5.42. The maximum absolute atomic E-state index is 13.4. The van der Waals surface area contributed by atoms with Crippen molar-refractivity contribution in [3.63, 3.8) is 0 Å². The lowest BCUT2D eigenvalue weighted by Crippen LogP contribution is -2.43. The quantitative estimate of drug-likeness (QED) is 0.653. The molecule has 1 aromatic carbocycles. The first kappa shape index (κ1) is 20.3. The summed E-state index contributed by atoms with van der Waals surface area (Å²) in [7, 11) is 0. The molecule has 1 N–H and O–H groups in total. The highest BCUT2D eigenvalue weighted by Gasteiger charge is 2.30. The van der Waals surface area contributed by atoms with E-state index in [-0.39, 0.29) is 17.7 Å². The minimum Gasteiger partial charge on any atom is -0.356 e. The van der Waals surface area contributed by atoms with E-state index in [0.29, 0.717) is 43.7 Å². The van der Waals surface area contributed by atoms with Crippen molar-refractivity contribution in [3.8, 4) is 16.3 Å². The molecule has 2 aromatic heterocycles. The van der Waals surface area contributed by atoms with Gasteiger partial charge in [0, 0.05) is 31.7 Å². The van der Waals surface area contributed by atoms with Crippen LogP contribution in [0.5, 0.6) is 0 Å². The smallest absolute Gasteiger partial charge is 0.257 e. The van der Waals surface area contributed by atoms with E-state index < -0.39 is 0 Å². The number of nitrogens with zero attached hydrogens (tertiary/aromatic N) is 3. The van der Waals surface area contributed by atoms with Crippen molar-refractivity contribution in [2.24, 2.45) is 5.92 Å². The van der Waals surface area contributed by atoms with Crippen molar-refractivity contribution in [2.75, 3.05) is 19.6 Å². The molecule has 0 saturated carbocycles. The molecule has 156 valence electrons. The Morgan fingerprint density at radius 3 is 2.57 bits per heavy atom. The lowest BCUT2D eigenvalue weighted by molar-refractivity contribution is -0.126. The number of aromatic nitrogens is 2. The van der Waals surface area contributed by atoms with Crippen LogP contribution in [0.3, 0.4) is 0 Å². The molecule has 0 radical (unpaired) electrons. The van der Waals surface area contributed by atoms with Gasteiger partial charge >= 0.3 is 0 Å². The number of hydrogen-bond acceptors (Lipinski definition) is 4. The topological polar surface area (TPSA) is 67.2 Å². The number of nitrogens with one attached hydrogen (secondary N) is 1. The summed E-state index contributed by atoms with van der Waals surface area (Å²) in [6.07, 6.45) is 4.15. The second-order valence-electron chi connectivity index (χ2n) is 7.51. The van der Waals surface area contributed by atoms with Gasteiger partial charge in [-0.15, -0.1) is 11.3 Å². The Morgan fingerprint density at radius 2 is 1.90 bits per heavy atom. The van der Waals surface area contributed by atoms with Crippen LogP contribution in [0.1, 0.15) is 36.5 Å². The van der Waals surface area contributed by atoms with Crippen LogP contribution in [0.4, 0.5) is 0 Å². The molecular formula is C23H26N4O2S. The number of hydrogen-bond donors (Lipinski definition) is 1. The summed E-state index contributed by atoms with van der Waals surface area (Å²) in [4.78, 5) is 28.5. The van der Waals surface area contributed by atoms with Crippen molar-refractivity contribution in [2.45, 2.75) is 26.2 Å². The second-order valence-corrected chi connectivity index (χ2v) is 8.45. The fourth-order valence-corrected chi connectivity index (χ4v) is 4.47. The van der Waals surface area contributed by atoms with Gasteiger partial charge in [0.25, 0.3) is 5.91 Å². The normalized spacial score (nSPS) is 14.6. The van der Waals surface area contributed by atoms with E-state index in [1.165, 1.54) is 0 Å². The summed E-state index contributed by atoms with van der Waals surface area (Å²) in [5.74, 6) is 0.0810. The average Bonchev–Trinajstić information content (AvgIpc) is 3.47. The fraction of sp³-hybridized carbons (Fsp3) is 0.348. The maximum Gasteiger partial charge on any atom is 0.257 e. The molecule has 6 nitrogen and oxygen atoms in total. The Bertz CT molecular complexity index is 990. The van der Waals surface area contributed by atoms with E-state index in [2.05, 4.69) is 5.32 Å². The Kier molecular flexibility index (Phi) is 6.28. The van der Waals surface area contributed by atoms with Gasteiger partial charge in [-0.2, -0.15) is 5.10 Å². The number of carbonyl (C=O) groups is 2. The third kappa shape index (κ3) is 4.31. The van der Waals surface area contributed by atoms with Crippen LogP contribution in [0.25, 0.3) is 16.3 Å². The summed E-state index contributed by atoms with van der Waals surface area (Å²) >= 11 is 1.58. The highest BCUT2D eigenvalue weighted by atomic mass is 32.1. The summed E-state index contributed by atoms with van der Waals surface area (Å²) < 4.78 is 1.77. The minimum absolute atomic E-state index is 0.00981. The van der Waals surface area contributed by atoms with Gasteiger partial charge in [0.2, 0.25) is 5.91 Å². The lowest BCUT2D eigenvalue weighted by atomic mass is 9.95. The molecule has 0 unspecified atom stereocenters. The van der Waals surface area contributed by atoms with Crippen LogP contribution in [0.15, 0.2) is 54.0 Å². The Morgan fingerprint density at radius 1 is 1.13 bits per heavy atom. The molecular weight excluding hydrogens is 396 g/mol. The number of amides is 2. The molecule has 0 aliphatic carbocycles. The first-order valence-corrected chi connectivity index (χ1v) is 11.3. The van der Waals surface area contributed by atoms with Gasteiger partial charge < -0.3 is 10.2 Å². The number of thiophene rings is 1. The summed E-state index contributed by atoms with van der Waals surface area (Å²) in [6.45, 7) is 3.93. The maximum atomic E-state index is 13.4. The van der Waals surface area contributed by atoms with E-state index in [4.69, 9.17) is 5.10 Å². The van der Waals surface area contributed by atoms with Gasteiger partial charge in [-0.1, -0.05) is 31.2 Å². The zero-order valence-corrected chi connectivity index (χ0v) is 17.9. The predicted molar refractivity (Wildman–Crippen MR) is 119 cm³/mol. The molecule has 7 heteroatoms. The van der Waals surface area contributed by atoms with Crippen LogP contribution in [-0.4, -0.2) is 46.1 Å². The van der Waals surface area contributed by atoms with Gasteiger partial charge in [0.05, 0.1) is 16.1 Å². The van der Waals surface area contributed by atoms with E-state index >= 15 is 0 Å². The highest BCUT2D eigenvalue weighted by Crippen LogP contribution is 2.29. The number of piperidine rings is 1. The highest BCUT2D eigenvalue weighted by molar-refractivity contribution is 7.13. The predicted octanol–water partition coefficient (Wildman–Crippen LogP) is 3.98. The van der Waals surface area contributed by atoms with Gasteiger partial charge in [-0.3, -0.25) is 9.59 Å². The molecule has 2 amide bonds. The number of likely N-dealkylation sites (tertiary alicyclic amines) is 1. The largest absolute Gasteiger partial charge is 0.356 e. The molecule has 30 heavy (non-hydrogen) atoms. The van der Waals surface area contributed by atoms with Crippen LogP contribution in [-0.2, 0) is 4.79 Å². The Hall–Kier alpha value is -2.93. The van der Waals surface area contributed by atoms with Gasteiger partial charge in [-0.25, -0.2) is 4.68 Å². The Labute approximate surface area is 180 Å². The SMILES string of the molecule is CCCNC(=O)C1CCN(C(=O)c2cn(-c3ccccc3)nc2-c2cccs2)CC1. The summed E-state index contributed by atoms with van der Waals surface area (Å²) in [5.41, 5.74) is 2.23. The van der Waals surface area contributed by atoms with Crippen LogP contribution >= 0.6 is 11.3 Å². The molecule has 1 aliphatic heterocycles. The van der Waals surface area contributed by atoms with Crippen LogP contribution in [0, 0.1) is 5.92 Å². The second kappa shape index (κ2) is 9.26. The minimum atomic E-state index is -0.0204. The van der Waals surface area contributed by atoms with Gasteiger partial charge in [-0.05, 0) is 42.8 Å².